The molecular weight excluding hydrogens is 244 g/mol. The minimum Gasteiger partial charge on any atom is -0.465 e. The van der Waals surface area contributed by atoms with Crippen molar-refractivity contribution < 1.29 is 14.3 Å². The van der Waals surface area contributed by atoms with Crippen molar-refractivity contribution >= 4 is 17.3 Å². The lowest BCUT2D eigenvalue weighted by atomic mass is 10.1. The summed E-state index contributed by atoms with van der Waals surface area (Å²) in [6.07, 6.45) is 0. The molecule has 0 heterocycles. The van der Waals surface area contributed by atoms with Crippen molar-refractivity contribution in [1.29, 1.82) is 0 Å². The number of ether oxygens (including phenoxy) is 2. The Hall–Kier alpha value is -1.75. The topological polar surface area (TPSA) is 64.8 Å². The number of carbonyl (C=O) groups is 1. The third kappa shape index (κ3) is 3.86. The van der Waals surface area contributed by atoms with Crippen LogP contribution in [0.3, 0.4) is 0 Å². The monoisotopic (exact) mass is 266 g/mol. The van der Waals surface area contributed by atoms with Crippen molar-refractivity contribution in [3.63, 3.8) is 0 Å². The molecule has 0 unspecified atom stereocenters. The second-order valence-electron chi connectivity index (χ2n) is 4.55. The van der Waals surface area contributed by atoms with Gasteiger partial charge in [0.05, 0.1) is 25.0 Å². The second kappa shape index (κ2) is 6.99. The fraction of sp³-hybridized carbons (Fsp3) is 0.500. The van der Waals surface area contributed by atoms with E-state index in [0.717, 1.165) is 5.69 Å². The van der Waals surface area contributed by atoms with E-state index in [1.54, 1.807) is 19.2 Å². The van der Waals surface area contributed by atoms with Crippen molar-refractivity contribution in [3.8, 4) is 0 Å². The molecule has 19 heavy (non-hydrogen) atoms. The lowest BCUT2D eigenvalue weighted by Gasteiger charge is -2.30. The molecule has 0 aliphatic carbocycles. The highest BCUT2D eigenvalue weighted by molar-refractivity contribution is 5.97. The van der Waals surface area contributed by atoms with Gasteiger partial charge in [-0.05, 0) is 32.0 Å². The Balaban J connectivity index is 3.17. The summed E-state index contributed by atoms with van der Waals surface area (Å²) in [4.78, 5) is 13.9. The standard InChI is InChI=1S/C14H22N2O3/c1-10(2)16(7-8-18-3)13-6-5-11(15)9-12(13)14(17)19-4/h5-6,9-10H,7-8,15H2,1-4H3. The molecular formula is C14H22N2O3. The number of esters is 1. The van der Waals surface area contributed by atoms with E-state index >= 15 is 0 Å². The van der Waals surface area contributed by atoms with Crippen LogP contribution in [-0.4, -0.2) is 39.4 Å². The molecule has 5 nitrogen and oxygen atoms in total. The van der Waals surface area contributed by atoms with Crippen molar-refractivity contribution in [2.24, 2.45) is 0 Å². The molecule has 2 N–H and O–H groups in total. The number of carbonyl (C=O) groups excluding carboxylic acids is 1. The number of rotatable bonds is 6. The summed E-state index contributed by atoms with van der Waals surface area (Å²) in [7, 11) is 3.02. The largest absolute Gasteiger partial charge is 0.465 e. The Labute approximate surface area is 114 Å². The maximum Gasteiger partial charge on any atom is 0.340 e. The quantitative estimate of drug-likeness (QED) is 0.629. The van der Waals surface area contributed by atoms with Crippen LogP contribution in [0.5, 0.6) is 0 Å². The first-order chi connectivity index (χ1) is 9.01. The molecule has 0 aliphatic heterocycles. The van der Waals surface area contributed by atoms with Crippen LogP contribution >= 0.6 is 0 Å². The molecule has 1 aromatic rings. The van der Waals surface area contributed by atoms with Crippen LogP contribution < -0.4 is 10.6 Å². The summed E-state index contributed by atoms with van der Waals surface area (Å²) in [5.41, 5.74) is 7.58. The van der Waals surface area contributed by atoms with Gasteiger partial charge >= 0.3 is 5.97 Å². The van der Waals surface area contributed by atoms with E-state index in [9.17, 15) is 4.79 Å². The van der Waals surface area contributed by atoms with E-state index in [0.29, 0.717) is 24.4 Å². The van der Waals surface area contributed by atoms with E-state index in [1.165, 1.54) is 7.11 Å². The van der Waals surface area contributed by atoms with Crippen LogP contribution in [-0.2, 0) is 9.47 Å². The normalized spacial score (nSPS) is 10.6. The molecule has 0 bridgehead atoms. The Morgan fingerprint density at radius 1 is 1.37 bits per heavy atom. The summed E-state index contributed by atoms with van der Waals surface area (Å²) in [5.74, 6) is -0.384. The van der Waals surface area contributed by atoms with E-state index in [-0.39, 0.29) is 12.0 Å². The number of nitrogens with zero attached hydrogens (tertiary/aromatic N) is 1. The van der Waals surface area contributed by atoms with Crippen LogP contribution in [0.25, 0.3) is 0 Å². The predicted molar refractivity (Wildman–Crippen MR) is 76.6 cm³/mol. The molecule has 1 aromatic carbocycles. The number of nitrogens with two attached hydrogens (primary N) is 1. The van der Waals surface area contributed by atoms with Crippen molar-refractivity contribution in [2.75, 3.05) is 38.0 Å². The van der Waals surface area contributed by atoms with Crippen molar-refractivity contribution in [2.45, 2.75) is 19.9 Å². The minimum atomic E-state index is -0.384. The highest BCUT2D eigenvalue weighted by Crippen LogP contribution is 2.25. The van der Waals surface area contributed by atoms with Crippen LogP contribution in [0.2, 0.25) is 0 Å². The lowest BCUT2D eigenvalue weighted by Crippen LogP contribution is -2.35. The Morgan fingerprint density at radius 3 is 2.58 bits per heavy atom. The first-order valence-corrected chi connectivity index (χ1v) is 6.24. The zero-order chi connectivity index (χ0) is 14.4. The number of methoxy groups -OCH3 is 2. The number of benzene rings is 1. The first-order valence-electron chi connectivity index (χ1n) is 6.24. The van der Waals surface area contributed by atoms with Gasteiger partial charge < -0.3 is 20.1 Å². The van der Waals surface area contributed by atoms with Crippen molar-refractivity contribution in [3.05, 3.63) is 23.8 Å². The Morgan fingerprint density at radius 2 is 2.05 bits per heavy atom. The van der Waals surface area contributed by atoms with Crippen LogP contribution in [0.15, 0.2) is 18.2 Å². The average molecular weight is 266 g/mol. The van der Waals surface area contributed by atoms with Crippen LogP contribution in [0.4, 0.5) is 11.4 Å². The molecule has 0 saturated heterocycles. The summed E-state index contributed by atoms with van der Waals surface area (Å²) < 4.78 is 9.93. The molecule has 0 spiro atoms. The van der Waals surface area contributed by atoms with Gasteiger partial charge in [-0.1, -0.05) is 0 Å². The third-order valence-corrected chi connectivity index (χ3v) is 2.90. The highest BCUT2D eigenvalue weighted by Gasteiger charge is 2.19. The van der Waals surface area contributed by atoms with E-state index in [1.807, 2.05) is 6.07 Å². The molecule has 0 aromatic heterocycles. The van der Waals surface area contributed by atoms with Gasteiger partial charge in [-0.2, -0.15) is 0 Å². The van der Waals surface area contributed by atoms with Gasteiger partial charge in [0, 0.05) is 25.4 Å². The molecule has 0 aliphatic rings. The maximum absolute atomic E-state index is 11.9. The lowest BCUT2D eigenvalue weighted by molar-refractivity contribution is 0.0601. The summed E-state index contributed by atoms with van der Waals surface area (Å²) >= 11 is 0. The van der Waals surface area contributed by atoms with Crippen molar-refractivity contribution in [1.82, 2.24) is 0 Å². The fourth-order valence-electron chi connectivity index (χ4n) is 1.92. The Kier molecular flexibility index (Phi) is 5.63. The number of nitrogen functional groups attached to an aromatic ring is 1. The second-order valence-corrected chi connectivity index (χ2v) is 4.55. The van der Waals surface area contributed by atoms with Gasteiger partial charge in [-0.3, -0.25) is 0 Å². The predicted octanol–water partition coefficient (Wildman–Crippen LogP) is 1.92. The number of hydrogen-bond donors (Lipinski definition) is 1. The zero-order valence-electron chi connectivity index (χ0n) is 12.0. The third-order valence-electron chi connectivity index (χ3n) is 2.90. The van der Waals surface area contributed by atoms with Gasteiger partial charge in [0.25, 0.3) is 0 Å². The molecule has 0 saturated carbocycles. The smallest absolute Gasteiger partial charge is 0.340 e. The summed E-state index contributed by atoms with van der Waals surface area (Å²) in [6, 6.07) is 5.51. The zero-order valence-corrected chi connectivity index (χ0v) is 12.0. The fourth-order valence-corrected chi connectivity index (χ4v) is 1.92. The maximum atomic E-state index is 11.9. The molecule has 0 radical (unpaired) electrons. The van der Waals surface area contributed by atoms with Crippen LogP contribution in [0, 0.1) is 0 Å². The van der Waals surface area contributed by atoms with E-state index < -0.39 is 0 Å². The van der Waals surface area contributed by atoms with Gasteiger partial charge in [0.1, 0.15) is 0 Å². The average Bonchev–Trinajstić information content (AvgIpc) is 2.39. The summed E-state index contributed by atoms with van der Waals surface area (Å²) in [5, 5.41) is 0. The molecule has 5 heteroatoms. The molecule has 0 fully saturated rings. The van der Waals surface area contributed by atoms with Gasteiger partial charge in [-0.15, -0.1) is 0 Å². The summed E-state index contributed by atoms with van der Waals surface area (Å²) in [6.45, 7) is 5.41. The minimum absolute atomic E-state index is 0.238. The molecule has 106 valence electrons. The SMILES string of the molecule is COCCN(c1ccc(N)cc1C(=O)OC)C(C)C. The Bertz CT molecular complexity index is 433. The van der Waals surface area contributed by atoms with Gasteiger partial charge in [0.15, 0.2) is 0 Å². The van der Waals surface area contributed by atoms with Gasteiger partial charge in [-0.25, -0.2) is 4.79 Å². The molecule has 0 atom stereocenters. The first kappa shape index (κ1) is 15.3. The molecule has 1 rings (SSSR count). The van der Waals surface area contributed by atoms with E-state index in [4.69, 9.17) is 15.2 Å². The highest BCUT2D eigenvalue weighted by atomic mass is 16.5. The number of hydrogen-bond acceptors (Lipinski definition) is 5. The van der Waals surface area contributed by atoms with Crippen LogP contribution in [0.1, 0.15) is 24.2 Å². The van der Waals surface area contributed by atoms with E-state index in [2.05, 4.69) is 18.7 Å². The number of anilines is 2. The molecule has 0 amide bonds. The van der Waals surface area contributed by atoms with Gasteiger partial charge in [0.2, 0.25) is 0 Å².